The fourth-order valence-electron chi connectivity index (χ4n) is 1.51. The molecule has 21 heavy (non-hydrogen) atoms. The highest BCUT2D eigenvalue weighted by Gasteiger charge is 2.17. The van der Waals surface area contributed by atoms with Crippen molar-refractivity contribution in [1.29, 1.82) is 5.26 Å². The van der Waals surface area contributed by atoms with Crippen LogP contribution in [0.2, 0.25) is 0 Å². The molecular formula is C12H11N5O3S. The van der Waals surface area contributed by atoms with Crippen LogP contribution in [0.25, 0.3) is 0 Å². The third kappa shape index (κ3) is 3.18. The molecule has 0 spiro atoms. The van der Waals surface area contributed by atoms with Gasteiger partial charge in [-0.15, -0.1) is 0 Å². The number of hydrogen-bond acceptors (Lipinski definition) is 7. The lowest BCUT2D eigenvalue weighted by Crippen LogP contribution is -2.14. The van der Waals surface area contributed by atoms with Crippen LogP contribution >= 0.6 is 0 Å². The monoisotopic (exact) mass is 305 g/mol. The molecule has 0 atom stereocenters. The highest BCUT2D eigenvalue weighted by Crippen LogP contribution is 2.27. The molecule has 0 aliphatic rings. The van der Waals surface area contributed by atoms with Crippen molar-refractivity contribution in [3.8, 4) is 11.8 Å². The van der Waals surface area contributed by atoms with Crippen molar-refractivity contribution in [2.75, 3.05) is 17.6 Å². The van der Waals surface area contributed by atoms with Crippen molar-refractivity contribution in [1.82, 2.24) is 9.97 Å². The van der Waals surface area contributed by atoms with E-state index in [-0.39, 0.29) is 22.3 Å². The summed E-state index contributed by atoms with van der Waals surface area (Å²) in [5.41, 5.74) is 5.87. The molecule has 0 aliphatic carbocycles. The van der Waals surface area contributed by atoms with E-state index in [9.17, 15) is 8.42 Å². The van der Waals surface area contributed by atoms with Crippen molar-refractivity contribution in [3.63, 3.8) is 0 Å². The first kappa shape index (κ1) is 14.5. The van der Waals surface area contributed by atoms with E-state index in [0.29, 0.717) is 5.56 Å². The van der Waals surface area contributed by atoms with Crippen molar-refractivity contribution >= 4 is 21.7 Å². The maximum Gasteiger partial charge on any atom is 0.265 e. The molecule has 1 aromatic carbocycles. The number of ether oxygens (including phenoxy) is 1. The van der Waals surface area contributed by atoms with E-state index in [1.54, 1.807) is 0 Å². The summed E-state index contributed by atoms with van der Waals surface area (Å²) in [5.74, 6) is 0.207. The number of methoxy groups -OCH3 is 1. The lowest BCUT2D eigenvalue weighted by molar-refractivity contribution is 0.416. The van der Waals surface area contributed by atoms with Gasteiger partial charge in [-0.1, -0.05) is 0 Å². The summed E-state index contributed by atoms with van der Waals surface area (Å²) in [6.07, 6.45) is 2.20. The molecular weight excluding hydrogens is 294 g/mol. The van der Waals surface area contributed by atoms with Crippen LogP contribution in [-0.2, 0) is 10.0 Å². The quantitative estimate of drug-likeness (QED) is 0.851. The van der Waals surface area contributed by atoms with Crippen LogP contribution in [-0.4, -0.2) is 25.5 Å². The Bertz CT molecular complexity index is 797. The van der Waals surface area contributed by atoms with Gasteiger partial charge in [0.05, 0.1) is 36.8 Å². The lowest BCUT2D eigenvalue weighted by atomic mass is 10.2. The Morgan fingerprint density at radius 2 is 2.00 bits per heavy atom. The van der Waals surface area contributed by atoms with Gasteiger partial charge < -0.3 is 10.5 Å². The van der Waals surface area contributed by atoms with Crippen LogP contribution in [0.3, 0.4) is 0 Å². The summed E-state index contributed by atoms with van der Waals surface area (Å²) >= 11 is 0. The number of nitrogens with one attached hydrogen (secondary N) is 1. The second kappa shape index (κ2) is 5.64. The fraction of sp³-hybridized carbons (Fsp3) is 0.0833. The van der Waals surface area contributed by atoms with Gasteiger partial charge in [0, 0.05) is 6.07 Å². The predicted octanol–water partition coefficient (Wildman–Crippen LogP) is 0.740. The van der Waals surface area contributed by atoms with Gasteiger partial charge in [-0.3, -0.25) is 4.72 Å². The van der Waals surface area contributed by atoms with Crippen molar-refractivity contribution in [2.45, 2.75) is 4.90 Å². The second-order valence-electron chi connectivity index (χ2n) is 3.91. The van der Waals surface area contributed by atoms with Gasteiger partial charge >= 0.3 is 0 Å². The van der Waals surface area contributed by atoms with Gasteiger partial charge in [0.15, 0.2) is 0 Å². The number of hydrogen-bond donors (Lipinski definition) is 2. The van der Waals surface area contributed by atoms with Gasteiger partial charge in [-0.25, -0.2) is 18.4 Å². The number of aromatic nitrogens is 2. The zero-order valence-corrected chi connectivity index (χ0v) is 11.8. The molecule has 1 heterocycles. The molecule has 2 aromatic rings. The molecule has 0 aliphatic heterocycles. The van der Waals surface area contributed by atoms with E-state index in [0.717, 1.165) is 12.4 Å². The number of sulfonamides is 1. The number of benzene rings is 1. The Labute approximate surface area is 121 Å². The number of nitrogens with zero attached hydrogens (tertiary/aromatic N) is 3. The van der Waals surface area contributed by atoms with Crippen LogP contribution in [0.1, 0.15) is 5.56 Å². The van der Waals surface area contributed by atoms with Crippen molar-refractivity contribution in [3.05, 3.63) is 36.2 Å². The SMILES string of the molecule is COc1cc(C#N)ccc1NS(=O)(=O)c1cnc(N)nc1. The molecule has 0 unspecified atom stereocenters. The van der Waals surface area contributed by atoms with Gasteiger partial charge in [-0.05, 0) is 12.1 Å². The minimum Gasteiger partial charge on any atom is -0.495 e. The minimum atomic E-state index is -3.88. The van der Waals surface area contributed by atoms with E-state index < -0.39 is 10.0 Å². The molecule has 8 nitrogen and oxygen atoms in total. The van der Waals surface area contributed by atoms with Crippen molar-refractivity contribution < 1.29 is 13.2 Å². The first-order valence-electron chi connectivity index (χ1n) is 5.65. The standard InChI is InChI=1S/C12H11N5O3S/c1-20-11-4-8(5-13)2-3-10(11)17-21(18,19)9-6-15-12(14)16-7-9/h2-4,6-7,17H,1H3,(H2,14,15,16). The summed E-state index contributed by atoms with van der Waals surface area (Å²) < 4.78 is 31.8. The highest BCUT2D eigenvalue weighted by atomic mass is 32.2. The van der Waals surface area contributed by atoms with Gasteiger partial charge in [0.1, 0.15) is 10.6 Å². The summed E-state index contributed by atoms with van der Waals surface area (Å²) in [5, 5.41) is 8.81. The molecule has 3 N–H and O–H groups in total. The van der Waals surface area contributed by atoms with Crippen molar-refractivity contribution in [2.24, 2.45) is 0 Å². The average molecular weight is 305 g/mol. The maximum atomic E-state index is 12.2. The van der Waals surface area contributed by atoms with Gasteiger partial charge in [0.2, 0.25) is 5.95 Å². The molecule has 0 saturated carbocycles. The lowest BCUT2D eigenvalue weighted by Gasteiger charge is -2.11. The number of rotatable bonds is 4. The second-order valence-corrected chi connectivity index (χ2v) is 5.59. The zero-order valence-electron chi connectivity index (χ0n) is 10.9. The Morgan fingerprint density at radius 1 is 1.33 bits per heavy atom. The minimum absolute atomic E-state index is 0.0232. The van der Waals surface area contributed by atoms with Crippen LogP contribution in [0.5, 0.6) is 5.75 Å². The topological polar surface area (TPSA) is 131 Å². The van der Waals surface area contributed by atoms with Crippen LogP contribution in [0.4, 0.5) is 11.6 Å². The predicted molar refractivity (Wildman–Crippen MR) is 75.0 cm³/mol. The maximum absolute atomic E-state index is 12.2. The van der Waals surface area contributed by atoms with E-state index in [1.807, 2.05) is 6.07 Å². The highest BCUT2D eigenvalue weighted by molar-refractivity contribution is 7.92. The molecule has 0 fully saturated rings. The number of nitrogens with two attached hydrogens (primary N) is 1. The molecule has 0 amide bonds. The Kier molecular flexibility index (Phi) is 3.91. The number of nitriles is 1. The van der Waals surface area contributed by atoms with Gasteiger partial charge in [0.25, 0.3) is 10.0 Å². The molecule has 1 aromatic heterocycles. The molecule has 2 rings (SSSR count). The molecule has 0 radical (unpaired) electrons. The summed E-state index contributed by atoms with van der Waals surface area (Å²) in [6, 6.07) is 6.28. The molecule has 9 heteroatoms. The number of nitrogen functional groups attached to an aromatic ring is 1. The zero-order chi connectivity index (χ0) is 15.5. The first-order valence-corrected chi connectivity index (χ1v) is 7.13. The Hall–Kier alpha value is -2.86. The Balaban J connectivity index is 2.37. The number of anilines is 2. The fourth-order valence-corrected chi connectivity index (χ4v) is 2.47. The summed E-state index contributed by atoms with van der Waals surface area (Å²) in [6.45, 7) is 0. The van der Waals surface area contributed by atoms with E-state index in [2.05, 4.69) is 14.7 Å². The third-order valence-electron chi connectivity index (χ3n) is 2.53. The van der Waals surface area contributed by atoms with Crippen LogP contribution in [0, 0.1) is 11.3 Å². The van der Waals surface area contributed by atoms with Gasteiger partial charge in [-0.2, -0.15) is 5.26 Å². The molecule has 0 saturated heterocycles. The van der Waals surface area contributed by atoms with Crippen LogP contribution < -0.4 is 15.2 Å². The van der Waals surface area contributed by atoms with E-state index in [1.165, 1.54) is 25.3 Å². The smallest absolute Gasteiger partial charge is 0.265 e. The molecule has 0 bridgehead atoms. The third-order valence-corrected chi connectivity index (χ3v) is 3.85. The summed E-state index contributed by atoms with van der Waals surface area (Å²) in [4.78, 5) is 7.12. The van der Waals surface area contributed by atoms with E-state index >= 15 is 0 Å². The van der Waals surface area contributed by atoms with Crippen LogP contribution in [0.15, 0.2) is 35.5 Å². The normalized spacial score (nSPS) is 10.7. The van der Waals surface area contributed by atoms with E-state index in [4.69, 9.17) is 15.7 Å². The summed E-state index contributed by atoms with van der Waals surface area (Å²) in [7, 11) is -2.50. The Morgan fingerprint density at radius 3 is 2.57 bits per heavy atom. The first-order chi connectivity index (χ1) is 9.96. The molecule has 108 valence electrons. The largest absolute Gasteiger partial charge is 0.495 e. The average Bonchev–Trinajstić information content (AvgIpc) is 2.47.